The second-order valence-electron chi connectivity index (χ2n) is 4.62. The average Bonchev–Trinajstić information content (AvgIpc) is 2.31. The molecule has 3 atom stereocenters. The first-order valence-electron chi connectivity index (χ1n) is 5.91. The Hall–Kier alpha value is -1.83. The highest BCUT2D eigenvalue weighted by Crippen LogP contribution is 2.46. The minimum absolute atomic E-state index is 0.0469. The minimum Gasteiger partial charge on any atom is -0.477 e. The van der Waals surface area contributed by atoms with Gasteiger partial charge in [-0.2, -0.15) is 0 Å². The maximum atomic E-state index is 12.1. The molecule has 8 heteroatoms. The van der Waals surface area contributed by atoms with Gasteiger partial charge in [-0.15, -0.1) is 0 Å². The summed E-state index contributed by atoms with van der Waals surface area (Å²) in [6, 6.07) is 0. The standard InChI is InChI=1S/C12H13NO6S/c1-4-8(11(16)17)13-9(15)7(5(2)19-6(3)14)10(13)20-12(4)18/h5,7,10H,1-3H3,(H,16,17)/t5-,7+,10+/m1/s1. The molecular weight excluding hydrogens is 286 g/mol. The molecule has 0 aliphatic carbocycles. The van der Waals surface area contributed by atoms with Crippen LogP contribution in [0, 0.1) is 5.92 Å². The smallest absolute Gasteiger partial charge is 0.353 e. The number of amides is 1. The molecule has 1 fully saturated rings. The van der Waals surface area contributed by atoms with E-state index in [9.17, 15) is 19.2 Å². The molecular formula is C12H13NO6S. The van der Waals surface area contributed by atoms with Crippen LogP contribution in [0.5, 0.6) is 0 Å². The zero-order valence-electron chi connectivity index (χ0n) is 11.1. The summed E-state index contributed by atoms with van der Waals surface area (Å²) in [5.74, 6) is -2.98. The molecule has 0 spiro atoms. The van der Waals surface area contributed by atoms with E-state index in [1.165, 1.54) is 13.8 Å². The SMILES string of the molecule is CC(=O)O[C@H](C)[C@H]1C(=O)N2C(C(=O)O)=C(C)C(=O)S[C@@H]12. The van der Waals surface area contributed by atoms with Gasteiger partial charge in [-0.3, -0.25) is 19.3 Å². The molecule has 1 saturated heterocycles. The average molecular weight is 299 g/mol. The van der Waals surface area contributed by atoms with Gasteiger partial charge in [0.25, 0.3) is 0 Å². The molecule has 0 radical (unpaired) electrons. The number of carbonyl (C=O) groups excluding carboxylic acids is 3. The van der Waals surface area contributed by atoms with E-state index < -0.39 is 35.2 Å². The largest absolute Gasteiger partial charge is 0.477 e. The molecule has 0 unspecified atom stereocenters. The molecule has 0 aromatic heterocycles. The molecule has 7 nitrogen and oxygen atoms in total. The summed E-state index contributed by atoms with van der Waals surface area (Å²) >= 11 is 0.886. The molecule has 0 saturated carbocycles. The van der Waals surface area contributed by atoms with E-state index in [1.807, 2.05) is 0 Å². The van der Waals surface area contributed by atoms with Crippen LogP contribution in [0.3, 0.4) is 0 Å². The zero-order chi connectivity index (χ0) is 15.2. The summed E-state index contributed by atoms with van der Waals surface area (Å²) in [6.07, 6.45) is -0.699. The maximum Gasteiger partial charge on any atom is 0.353 e. The van der Waals surface area contributed by atoms with Crippen molar-refractivity contribution in [2.75, 3.05) is 0 Å². The van der Waals surface area contributed by atoms with Crippen LogP contribution in [-0.4, -0.2) is 44.4 Å². The Labute approximate surface area is 118 Å². The lowest BCUT2D eigenvalue weighted by molar-refractivity contribution is -0.166. The molecule has 1 amide bonds. The van der Waals surface area contributed by atoms with Gasteiger partial charge in [-0.05, 0) is 13.8 Å². The fourth-order valence-corrected chi connectivity index (χ4v) is 3.65. The topological polar surface area (TPSA) is 101 Å². The van der Waals surface area contributed by atoms with Gasteiger partial charge in [-0.25, -0.2) is 4.79 Å². The predicted molar refractivity (Wildman–Crippen MR) is 68.3 cm³/mol. The molecule has 1 N–H and O–H groups in total. The lowest BCUT2D eigenvalue weighted by Crippen LogP contribution is -2.65. The lowest BCUT2D eigenvalue weighted by atomic mass is 9.91. The number of aliphatic carboxylic acids is 1. The summed E-state index contributed by atoms with van der Waals surface area (Å²) in [5, 5.41) is 8.13. The van der Waals surface area contributed by atoms with Gasteiger partial charge in [0.15, 0.2) is 0 Å². The fourth-order valence-electron chi connectivity index (χ4n) is 2.36. The Kier molecular flexibility index (Phi) is 3.59. The van der Waals surface area contributed by atoms with Crippen LogP contribution in [-0.2, 0) is 23.9 Å². The van der Waals surface area contributed by atoms with Gasteiger partial charge >= 0.3 is 11.9 Å². The molecule has 0 aromatic rings. The third-order valence-electron chi connectivity index (χ3n) is 3.27. The third kappa shape index (κ3) is 2.09. The van der Waals surface area contributed by atoms with Crippen LogP contribution in [0.25, 0.3) is 0 Å². The summed E-state index contributed by atoms with van der Waals surface area (Å²) in [7, 11) is 0. The fraction of sp³-hybridized carbons (Fsp3) is 0.500. The molecule has 2 aliphatic heterocycles. The number of hydrogen-bond donors (Lipinski definition) is 1. The van der Waals surface area contributed by atoms with Gasteiger partial charge in [0.05, 0.1) is 0 Å². The Balaban J connectivity index is 2.29. The van der Waals surface area contributed by atoms with E-state index in [2.05, 4.69) is 0 Å². The molecule has 2 rings (SSSR count). The highest BCUT2D eigenvalue weighted by molar-refractivity contribution is 8.14. The van der Waals surface area contributed by atoms with Crippen LogP contribution >= 0.6 is 11.8 Å². The second kappa shape index (κ2) is 4.93. The van der Waals surface area contributed by atoms with E-state index in [-0.39, 0.29) is 16.4 Å². The van der Waals surface area contributed by atoms with Crippen LogP contribution in [0.2, 0.25) is 0 Å². The minimum atomic E-state index is -1.31. The summed E-state index contributed by atoms with van der Waals surface area (Å²) in [6.45, 7) is 4.16. The number of carboxylic acids is 1. The van der Waals surface area contributed by atoms with Gasteiger partial charge in [0.1, 0.15) is 23.1 Å². The quantitative estimate of drug-likeness (QED) is 0.593. The van der Waals surface area contributed by atoms with E-state index >= 15 is 0 Å². The number of nitrogens with zero attached hydrogens (tertiary/aromatic N) is 1. The second-order valence-corrected chi connectivity index (χ2v) is 5.71. The van der Waals surface area contributed by atoms with Crippen molar-refractivity contribution in [3.8, 4) is 0 Å². The Bertz CT molecular complexity index is 554. The number of esters is 1. The Morgan fingerprint density at radius 3 is 2.50 bits per heavy atom. The molecule has 20 heavy (non-hydrogen) atoms. The molecule has 0 aromatic carbocycles. The third-order valence-corrected chi connectivity index (χ3v) is 4.54. The first-order chi connectivity index (χ1) is 9.25. The van der Waals surface area contributed by atoms with E-state index in [1.54, 1.807) is 6.92 Å². The van der Waals surface area contributed by atoms with Crippen molar-refractivity contribution in [2.24, 2.45) is 5.92 Å². The number of rotatable bonds is 3. The van der Waals surface area contributed by atoms with Crippen molar-refractivity contribution in [3.05, 3.63) is 11.3 Å². The van der Waals surface area contributed by atoms with Gasteiger partial charge < -0.3 is 9.84 Å². The van der Waals surface area contributed by atoms with Crippen molar-refractivity contribution < 1.29 is 29.0 Å². The maximum absolute atomic E-state index is 12.1. The first kappa shape index (κ1) is 14.6. The number of carboxylic acid groups (broad SMARTS) is 1. The van der Waals surface area contributed by atoms with Crippen LogP contribution < -0.4 is 0 Å². The predicted octanol–water partition coefficient (Wildman–Crippen LogP) is 0.354. The molecule has 2 heterocycles. The summed E-state index contributed by atoms with van der Waals surface area (Å²) in [5.41, 5.74) is -0.235. The van der Waals surface area contributed by atoms with Crippen molar-refractivity contribution in [3.63, 3.8) is 0 Å². The van der Waals surface area contributed by atoms with E-state index in [0.717, 1.165) is 16.7 Å². The highest BCUT2D eigenvalue weighted by Gasteiger charge is 2.57. The van der Waals surface area contributed by atoms with Crippen LogP contribution in [0.15, 0.2) is 11.3 Å². The number of fused-ring (bicyclic) bond motifs is 1. The van der Waals surface area contributed by atoms with E-state index in [4.69, 9.17) is 9.84 Å². The Morgan fingerprint density at radius 2 is 2.00 bits per heavy atom. The number of β-lactam (4-membered cyclic amide) rings is 1. The van der Waals surface area contributed by atoms with Crippen LogP contribution in [0.1, 0.15) is 20.8 Å². The molecule has 108 valence electrons. The van der Waals surface area contributed by atoms with Gasteiger partial charge in [0.2, 0.25) is 11.0 Å². The lowest BCUT2D eigenvalue weighted by Gasteiger charge is -2.49. The van der Waals surface area contributed by atoms with Crippen molar-refractivity contribution in [2.45, 2.75) is 32.2 Å². The molecule has 2 aliphatic rings. The highest BCUT2D eigenvalue weighted by atomic mass is 32.2. The summed E-state index contributed by atoms with van der Waals surface area (Å²) < 4.78 is 4.96. The summed E-state index contributed by atoms with van der Waals surface area (Å²) in [4.78, 5) is 47.1. The Morgan fingerprint density at radius 1 is 1.40 bits per heavy atom. The number of carbonyl (C=O) groups is 4. The first-order valence-corrected chi connectivity index (χ1v) is 6.79. The number of ether oxygens (including phenoxy) is 1. The van der Waals surface area contributed by atoms with Crippen LogP contribution in [0.4, 0.5) is 0 Å². The van der Waals surface area contributed by atoms with Crippen molar-refractivity contribution in [1.82, 2.24) is 4.90 Å². The van der Waals surface area contributed by atoms with Gasteiger partial charge in [-0.1, -0.05) is 11.8 Å². The van der Waals surface area contributed by atoms with Crippen molar-refractivity contribution in [1.29, 1.82) is 0 Å². The molecule has 0 bridgehead atoms. The monoisotopic (exact) mass is 299 g/mol. The van der Waals surface area contributed by atoms with Gasteiger partial charge in [0, 0.05) is 12.5 Å². The number of hydrogen-bond acceptors (Lipinski definition) is 6. The normalized spacial score (nSPS) is 26.9. The van der Waals surface area contributed by atoms with E-state index in [0.29, 0.717) is 0 Å². The van der Waals surface area contributed by atoms with Crippen molar-refractivity contribution >= 4 is 34.7 Å². The number of thioether (sulfide) groups is 1. The zero-order valence-corrected chi connectivity index (χ0v) is 11.9.